The van der Waals surface area contributed by atoms with Gasteiger partial charge in [-0.1, -0.05) is 36.4 Å². The van der Waals surface area contributed by atoms with Gasteiger partial charge in [0.05, 0.1) is 19.3 Å². The van der Waals surface area contributed by atoms with Gasteiger partial charge in [0, 0.05) is 50.5 Å². The lowest BCUT2D eigenvalue weighted by Gasteiger charge is -2.25. The molecule has 1 N–H and O–H groups in total. The van der Waals surface area contributed by atoms with Crippen LogP contribution in [-0.2, 0) is 29.2 Å². The zero-order valence-corrected chi connectivity index (χ0v) is 17.2. The average Bonchev–Trinajstić information content (AvgIpc) is 3.10. The van der Waals surface area contributed by atoms with E-state index in [1.165, 1.54) is 0 Å². The van der Waals surface area contributed by atoms with Crippen LogP contribution < -0.4 is 0 Å². The summed E-state index contributed by atoms with van der Waals surface area (Å²) in [5.74, 6) is 0.974. The molecule has 0 saturated carbocycles. The van der Waals surface area contributed by atoms with Crippen molar-refractivity contribution in [2.45, 2.75) is 32.7 Å². The SMILES string of the molecule is Cc1ncc(CN2CC(=O)N(Cc3cccnc3)C[C@@H](OCc3ccccc3)C2)[nH]1. The highest BCUT2D eigenvalue weighted by molar-refractivity contribution is 5.78. The normalized spacial score (nSPS) is 17.8. The molecule has 0 spiro atoms. The summed E-state index contributed by atoms with van der Waals surface area (Å²) >= 11 is 0. The molecule has 1 amide bonds. The number of hydrogen-bond donors (Lipinski definition) is 1. The summed E-state index contributed by atoms with van der Waals surface area (Å²) in [5.41, 5.74) is 3.15. The van der Waals surface area contributed by atoms with Crippen molar-refractivity contribution in [2.75, 3.05) is 19.6 Å². The van der Waals surface area contributed by atoms with Crippen molar-refractivity contribution in [1.29, 1.82) is 0 Å². The maximum Gasteiger partial charge on any atom is 0.237 e. The van der Waals surface area contributed by atoms with Crippen LogP contribution >= 0.6 is 0 Å². The third kappa shape index (κ3) is 5.52. The summed E-state index contributed by atoms with van der Waals surface area (Å²) in [4.78, 5) is 28.7. The Kier molecular flexibility index (Phi) is 6.51. The molecule has 30 heavy (non-hydrogen) atoms. The molecule has 1 saturated heterocycles. The fourth-order valence-electron chi connectivity index (χ4n) is 3.72. The topological polar surface area (TPSA) is 74.3 Å². The Labute approximate surface area is 176 Å². The van der Waals surface area contributed by atoms with Gasteiger partial charge >= 0.3 is 0 Å². The lowest BCUT2D eigenvalue weighted by atomic mass is 10.2. The molecule has 1 aliphatic heterocycles. The summed E-state index contributed by atoms with van der Waals surface area (Å²) in [6.07, 6.45) is 5.30. The van der Waals surface area contributed by atoms with E-state index in [0.29, 0.717) is 39.3 Å². The van der Waals surface area contributed by atoms with Gasteiger partial charge in [-0.05, 0) is 24.1 Å². The van der Waals surface area contributed by atoms with Crippen LogP contribution in [0.25, 0.3) is 0 Å². The first-order valence-electron chi connectivity index (χ1n) is 10.2. The van der Waals surface area contributed by atoms with Crippen molar-refractivity contribution in [1.82, 2.24) is 24.8 Å². The molecule has 0 radical (unpaired) electrons. The van der Waals surface area contributed by atoms with Gasteiger partial charge in [0.25, 0.3) is 0 Å². The molecule has 3 heterocycles. The van der Waals surface area contributed by atoms with Crippen LogP contribution in [0.15, 0.2) is 61.1 Å². The third-order valence-corrected chi connectivity index (χ3v) is 5.17. The predicted molar refractivity (Wildman–Crippen MR) is 113 cm³/mol. The molecule has 3 aromatic rings. The smallest absolute Gasteiger partial charge is 0.237 e. The first kappa shape index (κ1) is 20.3. The van der Waals surface area contributed by atoms with Gasteiger partial charge in [-0.3, -0.25) is 14.7 Å². The molecule has 1 atom stereocenters. The van der Waals surface area contributed by atoms with E-state index in [-0.39, 0.29) is 12.0 Å². The quantitative estimate of drug-likeness (QED) is 0.654. The number of ether oxygens (including phenoxy) is 1. The molecule has 2 aromatic heterocycles. The Balaban J connectivity index is 1.48. The zero-order valence-electron chi connectivity index (χ0n) is 17.2. The molecule has 4 rings (SSSR count). The minimum atomic E-state index is -0.0858. The Morgan fingerprint density at radius 1 is 1.07 bits per heavy atom. The second-order valence-electron chi connectivity index (χ2n) is 7.72. The van der Waals surface area contributed by atoms with Gasteiger partial charge in [0.15, 0.2) is 0 Å². The third-order valence-electron chi connectivity index (χ3n) is 5.17. The van der Waals surface area contributed by atoms with E-state index in [1.54, 1.807) is 6.20 Å². The summed E-state index contributed by atoms with van der Waals surface area (Å²) in [5, 5.41) is 0. The maximum atomic E-state index is 13.0. The zero-order chi connectivity index (χ0) is 20.8. The van der Waals surface area contributed by atoms with Gasteiger partial charge in [-0.25, -0.2) is 4.98 Å². The number of imidazole rings is 1. The molecule has 0 unspecified atom stereocenters. The van der Waals surface area contributed by atoms with Crippen LogP contribution in [-0.4, -0.2) is 56.4 Å². The van der Waals surface area contributed by atoms with Crippen LogP contribution in [0.3, 0.4) is 0 Å². The largest absolute Gasteiger partial charge is 0.370 e. The van der Waals surface area contributed by atoms with E-state index in [9.17, 15) is 4.79 Å². The van der Waals surface area contributed by atoms with Crippen molar-refractivity contribution >= 4 is 5.91 Å². The number of nitrogens with zero attached hydrogens (tertiary/aromatic N) is 4. The number of aromatic amines is 1. The van der Waals surface area contributed by atoms with Crippen molar-refractivity contribution < 1.29 is 9.53 Å². The molecule has 156 valence electrons. The first-order valence-corrected chi connectivity index (χ1v) is 10.2. The summed E-state index contributed by atoms with van der Waals surface area (Å²) < 4.78 is 6.26. The second-order valence-corrected chi connectivity index (χ2v) is 7.72. The molecular formula is C23H27N5O2. The van der Waals surface area contributed by atoms with Crippen molar-refractivity contribution in [2.24, 2.45) is 0 Å². The van der Waals surface area contributed by atoms with E-state index >= 15 is 0 Å². The molecule has 7 nitrogen and oxygen atoms in total. The highest BCUT2D eigenvalue weighted by Crippen LogP contribution is 2.15. The number of aromatic nitrogens is 3. The highest BCUT2D eigenvalue weighted by atomic mass is 16.5. The van der Waals surface area contributed by atoms with Crippen molar-refractivity contribution in [3.8, 4) is 0 Å². The summed E-state index contributed by atoms with van der Waals surface area (Å²) in [7, 11) is 0. The van der Waals surface area contributed by atoms with Crippen LogP contribution in [0.4, 0.5) is 0 Å². The number of carbonyl (C=O) groups is 1. The van der Waals surface area contributed by atoms with Crippen molar-refractivity contribution in [3.05, 3.63) is 83.7 Å². The Morgan fingerprint density at radius 2 is 1.90 bits per heavy atom. The van der Waals surface area contributed by atoms with Crippen molar-refractivity contribution in [3.63, 3.8) is 0 Å². The number of hydrogen-bond acceptors (Lipinski definition) is 5. The number of aryl methyl sites for hydroxylation is 1. The standard InChI is InChI=1S/C23H27N5O2/c1-18-25-11-21(26-18)13-27-14-22(30-17-19-6-3-2-4-7-19)15-28(23(29)16-27)12-20-8-5-9-24-10-20/h2-11,22H,12-17H2,1H3,(H,25,26)/t22-/m0/s1. The second kappa shape index (κ2) is 9.65. The number of amides is 1. The van der Waals surface area contributed by atoms with Crippen LogP contribution in [0.5, 0.6) is 0 Å². The van der Waals surface area contributed by atoms with Crippen LogP contribution in [0.2, 0.25) is 0 Å². The molecule has 0 bridgehead atoms. The van der Waals surface area contributed by atoms with E-state index in [0.717, 1.165) is 22.6 Å². The number of carbonyl (C=O) groups excluding carboxylic acids is 1. The van der Waals surface area contributed by atoms with Gasteiger partial charge in [-0.2, -0.15) is 0 Å². The van der Waals surface area contributed by atoms with Crippen LogP contribution in [0, 0.1) is 6.92 Å². The number of H-pyrrole nitrogens is 1. The lowest BCUT2D eigenvalue weighted by molar-refractivity contribution is -0.132. The average molecular weight is 406 g/mol. The molecule has 0 aliphatic carbocycles. The number of benzene rings is 1. The first-order chi connectivity index (χ1) is 14.7. The van der Waals surface area contributed by atoms with Crippen LogP contribution in [0.1, 0.15) is 22.6 Å². The number of rotatable bonds is 7. The van der Waals surface area contributed by atoms with Gasteiger partial charge < -0.3 is 14.6 Å². The molecule has 1 fully saturated rings. The Bertz CT molecular complexity index is 944. The monoisotopic (exact) mass is 405 g/mol. The summed E-state index contributed by atoms with van der Waals surface area (Å²) in [6.45, 7) is 5.21. The minimum absolute atomic E-state index is 0.0858. The minimum Gasteiger partial charge on any atom is -0.370 e. The van der Waals surface area contributed by atoms with Gasteiger partial charge in [0.1, 0.15) is 5.82 Å². The van der Waals surface area contributed by atoms with E-state index in [4.69, 9.17) is 4.74 Å². The number of pyridine rings is 1. The van der Waals surface area contributed by atoms with Gasteiger partial charge in [-0.15, -0.1) is 0 Å². The molecule has 1 aliphatic rings. The Hall–Kier alpha value is -3.03. The molecule has 7 heteroatoms. The molecule has 1 aromatic carbocycles. The van der Waals surface area contributed by atoms with E-state index in [2.05, 4.69) is 32.0 Å². The predicted octanol–water partition coefficient (Wildman–Crippen LogP) is 2.54. The lowest BCUT2D eigenvalue weighted by Crippen LogP contribution is -2.37. The maximum absolute atomic E-state index is 13.0. The Morgan fingerprint density at radius 3 is 2.63 bits per heavy atom. The summed E-state index contributed by atoms with van der Waals surface area (Å²) in [6, 6.07) is 14.0. The number of nitrogens with one attached hydrogen (secondary N) is 1. The molecular weight excluding hydrogens is 378 g/mol. The fourth-order valence-corrected chi connectivity index (χ4v) is 3.72. The fraction of sp³-hybridized carbons (Fsp3) is 0.348. The van der Waals surface area contributed by atoms with E-state index in [1.807, 2.05) is 54.5 Å². The van der Waals surface area contributed by atoms with E-state index < -0.39 is 0 Å². The highest BCUT2D eigenvalue weighted by Gasteiger charge is 2.28. The van der Waals surface area contributed by atoms with Gasteiger partial charge in [0.2, 0.25) is 5.91 Å².